The topological polar surface area (TPSA) is 97.9 Å². The molecule has 0 aliphatic carbocycles. The fraction of sp³-hybridized carbons (Fsp3) is 0.375. The smallest absolute Gasteiger partial charge is 0.321 e. The molecule has 0 unspecified atom stereocenters. The van der Waals surface area contributed by atoms with Crippen LogP contribution in [0.25, 0.3) is 0 Å². The molecule has 1 saturated heterocycles. The average molecular weight is 564 g/mol. The molecule has 0 saturated carbocycles. The highest BCUT2D eigenvalue weighted by atomic mass is 127. The summed E-state index contributed by atoms with van der Waals surface area (Å²) in [6, 6.07) is 15.4. The fourth-order valence-electron chi connectivity index (χ4n) is 3.63. The van der Waals surface area contributed by atoms with Crippen LogP contribution in [0.1, 0.15) is 34.3 Å². The van der Waals surface area contributed by atoms with Crippen LogP contribution in [0.4, 0.5) is 10.5 Å². The predicted octanol–water partition coefficient (Wildman–Crippen LogP) is 3.20. The molecule has 0 spiro atoms. The first kappa shape index (κ1) is 26.4. The summed E-state index contributed by atoms with van der Waals surface area (Å²) in [6.45, 7) is 2.92. The minimum absolute atomic E-state index is 0. The molecule has 33 heavy (non-hydrogen) atoms. The molecular formula is C24H33IN6O2. The number of benzene rings is 2. The molecule has 8 nitrogen and oxygen atoms in total. The van der Waals surface area contributed by atoms with Crippen LogP contribution in [0.3, 0.4) is 0 Å². The second-order valence-electron chi connectivity index (χ2n) is 7.71. The van der Waals surface area contributed by atoms with E-state index in [4.69, 9.17) is 0 Å². The number of guanidine groups is 1. The Morgan fingerprint density at radius 1 is 1.00 bits per heavy atom. The molecule has 0 atom stereocenters. The summed E-state index contributed by atoms with van der Waals surface area (Å²) < 4.78 is 0. The number of amides is 3. The monoisotopic (exact) mass is 564 g/mol. The lowest BCUT2D eigenvalue weighted by molar-refractivity contribution is 0.0963. The van der Waals surface area contributed by atoms with Gasteiger partial charge in [0.2, 0.25) is 0 Å². The Balaban J connectivity index is 0.00000385. The van der Waals surface area contributed by atoms with Crippen LogP contribution in [-0.4, -0.2) is 56.5 Å². The highest BCUT2D eigenvalue weighted by Gasteiger charge is 2.17. The van der Waals surface area contributed by atoms with Gasteiger partial charge in [0.1, 0.15) is 0 Å². The zero-order valence-electron chi connectivity index (χ0n) is 19.2. The summed E-state index contributed by atoms with van der Waals surface area (Å²) >= 11 is 0. The maximum Gasteiger partial charge on any atom is 0.321 e. The number of likely N-dealkylation sites (tertiary alicyclic amines) is 1. The minimum atomic E-state index is -0.0869. The van der Waals surface area contributed by atoms with E-state index in [0.717, 1.165) is 49.2 Å². The van der Waals surface area contributed by atoms with Crippen molar-refractivity contribution in [2.24, 2.45) is 4.99 Å². The molecule has 1 fully saturated rings. The maximum absolute atomic E-state index is 12.3. The molecule has 3 rings (SSSR count). The second-order valence-corrected chi connectivity index (χ2v) is 7.71. The molecule has 0 bridgehead atoms. The Morgan fingerprint density at radius 3 is 2.45 bits per heavy atom. The Labute approximate surface area is 212 Å². The van der Waals surface area contributed by atoms with Crippen molar-refractivity contribution in [1.29, 1.82) is 0 Å². The first-order valence-corrected chi connectivity index (χ1v) is 11.0. The molecule has 1 aliphatic rings. The predicted molar refractivity (Wildman–Crippen MR) is 143 cm³/mol. The lowest BCUT2D eigenvalue weighted by Gasteiger charge is -2.17. The third-order valence-corrected chi connectivity index (χ3v) is 5.38. The van der Waals surface area contributed by atoms with Gasteiger partial charge in [0.25, 0.3) is 5.91 Å². The Kier molecular flexibility index (Phi) is 10.9. The summed E-state index contributed by atoms with van der Waals surface area (Å²) in [5, 5.41) is 12.2. The van der Waals surface area contributed by atoms with Crippen LogP contribution in [0.2, 0.25) is 0 Å². The van der Waals surface area contributed by atoms with E-state index in [0.29, 0.717) is 24.6 Å². The van der Waals surface area contributed by atoms with Crippen LogP contribution >= 0.6 is 24.0 Å². The lowest BCUT2D eigenvalue weighted by atomic mass is 10.1. The number of nitrogens with one attached hydrogen (secondary N) is 4. The number of carbonyl (C=O) groups is 2. The van der Waals surface area contributed by atoms with Gasteiger partial charge in [-0.3, -0.25) is 9.79 Å². The van der Waals surface area contributed by atoms with Crippen molar-refractivity contribution < 1.29 is 9.59 Å². The van der Waals surface area contributed by atoms with E-state index in [1.54, 1.807) is 20.2 Å². The Morgan fingerprint density at radius 2 is 1.73 bits per heavy atom. The molecule has 9 heteroatoms. The second kappa shape index (κ2) is 13.7. The van der Waals surface area contributed by atoms with Crippen molar-refractivity contribution in [2.45, 2.75) is 25.8 Å². The number of nitrogens with zero attached hydrogens (tertiary/aromatic N) is 2. The minimum Gasteiger partial charge on any atom is -0.356 e. The Hall–Kier alpha value is -2.82. The van der Waals surface area contributed by atoms with Gasteiger partial charge in [-0.15, -0.1) is 24.0 Å². The number of carbonyl (C=O) groups excluding carboxylic acids is 2. The van der Waals surface area contributed by atoms with E-state index >= 15 is 0 Å². The van der Waals surface area contributed by atoms with Crippen molar-refractivity contribution in [3.05, 3.63) is 65.2 Å². The van der Waals surface area contributed by atoms with Crippen LogP contribution in [0, 0.1) is 0 Å². The van der Waals surface area contributed by atoms with Crippen molar-refractivity contribution >= 4 is 47.6 Å². The first-order valence-electron chi connectivity index (χ1n) is 11.0. The average Bonchev–Trinajstić information content (AvgIpc) is 3.36. The lowest BCUT2D eigenvalue weighted by Crippen LogP contribution is -2.37. The van der Waals surface area contributed by atoms with Gasteiger partial charge >= 0.3 is 6.03 Å². The first-order chi connectivity index (χ1) is 15.6. The molecule has 4 N–H and O–H groups in total. The zero-order chi connectivity index (χ0) is 22.8. The summed E-state index contributed by atoms with van der Waals surface area (Å²) in [4.78, 5) is 30.2. The molecule has 1 heterocycles. The molecule has 178 valence electrons. The van der Waals surface area contributed by atoms with Gasteiger partial charge < -0.3 is 26.2 Å². The normalized spacial score (nSPS) is 13.2. The molecule has 3 amide bonds. The van der Waals surface area contributed by atoms with Gasteiger partial charge in [0, 0.05) is 51.5 Å². The van der Waals surface area contributed by atoms with Crippen LogP contribution in [0.15, 0.2) is 53.5 Å². The summed E-state index contributed by atoms with van der Waals surface area (Å²) in [5.74, 6) is 0.607. The summed E-state index contributed by atoms with van der Waals surface area (Å²) in [7, 11) is 3.36. The standard InChI is InChI=1S/C24H32N6O2.HI/c1-25-22(31)20-9-5-7-18(15-20)11-12-27-23(26-2)28-17-19-8-6-10-21(16-19)29-24(32)30-13-3-4-14-30;/h5-10,15-16H,3-4,11-14,17H2,1-2H3,(H,25,31)(H,29,32)(H2,26,27,28);1H. The van der Waals surface area contributed by atoms with E-state index in [9.17, 15) is 9.59 Å². The van der Waals surface area contributed by atoms with Crippen molar-refractivity contribution in [3.63, 3.8) is 0 Å². The van der Waals surface area contributed by atoms with Crippen molar-refractivity contribution in [3.8, 4) is 0 Å². The van der Waals surface area contributed by atoms with Gasteiger partial charge in [0.15, 0.2) is 5.96 Å². The fourth-order valence-corrected chi connectivity index (χ4v) is 3.63. The number of aliphatic imine (C=N–C) groups is 1. The van der Waals surface area contributed by atoms with Crippen LogP contribution < -0.4 is 21.3 Å². The molecule has 0 aromatic heterocycles. The highest BCUT2D eigenvalue weighted by Crippen LogP contribution is 2.14. The number of rotatable bonds is 7. The van der Waals surface area contributed by atoms with Gasteiger partial charge in [-0.25, -0.2) is 4.79 Å². The largest absolute Gasteiger partial charge is 0.356 e. The number of anilines is 1. The van der Waals surface area contributed by atoms with Crippen molar-refractivity contribution in [2.75, 3.05) is 39.0 Å². The third-order valence-electron chi connectivity index (χ3n) is 5.38. The van der Waals surface area contributed by atoms with E-state index < -0.39 is 0 Å². The van der Waals surface area contributed by atoms with Crippen molar-refractivity contribution in [1.82, 2.24) is 20.9 Å². The molecule has 2 aromatic carbocycles. The molecular weight excluding hydrogens is 531 g/mol. The van der Waals surface area contributed by atoms with E-state index in [1.165, 1.54) is 0 Å². The number of urea groups is 1. The number of hydrogen-bond acceptors (Lipinski definition) is 3. The number of hydrogen-bond donors (Lipinski definition) is 4. The van der Waals surface area contributed by atoms with Gasteiger partial charge in [0.05, 0.1) is 0 Å². The maximum atomic E-state index is 12.3. The SMILES string of the molecule is CN=C(NCCc1cccc(C(=O)NC)c1)NCc1cccc(NC(=O)N2CCCC2)c1.I. The van der Waals surface area contributed by atoms with Crippen LogP contribution in [-0.2, 0) is 13.0 Å². The third kappa shape index (κ3) is 8.23. The summed E-state index contributed by atoms with van der Waals surface area (Å²) in [6.07, 6.45) is 2.91. The Bertz CT molecular complexity index is 959. The molecule has 1 aliphatic heterocycles. The number of halogens is 1. The van der Waals surface area contributed by atoms with Gasteiger partial charge in [-0.05, 0) is 54.7 Å². The summed E-state index contributed by atoms with van der Waals surface area (Å²) in [5.41, 5.74) is 3.57. The van der Waals surface area contributed by atoms with Gasteiger partial charge in [-0.1, -0.05) is 24.3 Å². The highest BCUT2D eigenvalue weighted by molar-refractivity contribution is 14.0. The zero-order valence-corrected chi connectivity index (χ0v) is 21.5. The molecule has 2 aromatic rings. The molecule has 0 radical (unpaired) electrons. The van der Waals surface area contributed by atoms with Gasteiger partial charge in [-0.2, -0.15) is 0 Å². The van der Waals surface area contributed by atoms with E-state index in [-0.39, 0.29) is 35.9 Å². The van der Waals surface area contributed by atoms with E-state index in [1.807, 2.05) is 47.4 Å². The van der Waals surface area contributed by atoms with Crippen LogP contribution in [0.5, 0.6) is 0 Å². The van der Waals surface area contributed by atoms with E-state index in [2.05, 4.69) is 26.3 Å². The quantitative estimate of drug-likeness (QED) is 0.236.